The lowest BCUT2D eigenvalue weighted by molar-refractivity contribution is -0.384. The number of non-ortho nitro benzene ring substituents is 1. The number of nitro benzene ring substituents is 1. The molecule has 0 spiro atoms. The fraction of sp³-hybridized carbons (Fsp3) is 0.350. The number of hydrogen-bond donors (Lipinski definition) is 1. The van der Waals surface area contributed by atoms with E-state index in [0.717, 1.165) is 11.3 Å². The van der Waals surface area contributed by atoms with Gasteiger partial charge in [0.15, 0.2) is 0 Å². The number of carbonyl (C=O) groups excluding carboxylic acids is 1. The van der Waals surface area contributed by atoms with E-state index in [4.69, 9.17) is 0 Å². The molecule has 3 aromatic rings. The van der Waals surface area contributed by atoms with Gasteiger partial charge >= 0.3 is 0 Å². The topological polar surface area (TPSA) is 107 Å². The van der Waals surface area contributed by atoms with Crippen LogP contribution in [0.1, 0.15) is 43.0 Å². The van der Waals surface area contributed by atoms with Crippen LogP contribution in [0.4, 0.5) is 11.4 Å². The van der Waals surface area contributed by atoms with Gasteiger partial charge in [0.25, 0.3) is 11.2 Å². The number of rotatable bonds is 6. The molecule has 0 saturated carbocycles. The lowest BCUT2D eigenvalue weighted by Gasteiger charge is -2.15. The summed E-state index contributed by atoms with van der Waals surface area (Å²) in [5, 5.41) is 14.2. The number of anilines is 1. The molecule has 0 aliphatic rings. The van der Waals surface area contributed by atoms with Crippen LogP contribution >= 0.6 is 11.3 Å². The number of nitro groups is 1. The van der Waals surface area contributed by atoms with Crippen LogP contribution in [0.3, 0.4) is 0 Å². The summed E-state index contributed by atoms with van der Waals surface area (Å²) in [5.41, 5.74) is 0.681. The monoisotopic (exact) mass is 414 g/mol. The highest BCUT2D eigenvalue weighted by Crippen LogP contribution is 2.25. The lowest BCUT2D eigenvalue weighted by atomic mass is 10.1. The minimum Gasteiger partial charge on any atom is -0.324 e. The zero-order valence-electron chi connectivity index (χ0n) is 16.7. The van der Waals surface area contributed by atoms with E-state index >= 15 is 0 Å². The summed E-state index contributed by atoms with van der Waals surface area (Å²) in [5.74, 6) is 0.0502. The Morgan fingerprint density at radius 3 is 2.69 bits per heavy atom. The SMILES string of the molecule is CCc1cc2c(=O)n(CC(=O)Nc3cc([N+](=O)[O-])ccc3C)c(C(C)C)nc2s1. The molecule has 2 heterocycles. The van der Waals surface area contributed by atoms with E-state index in [0.29, 0.717) is 27.3 Å². The Morgan fingerprint density at radius 2 is 2.07 bits per heavy atom. The molecule has 0 atom stereocenters. The molecule has 1 amide bonds. The number of nitrogens with one attached hydrogen (secondary N) is 1. The number of aryl methyl sites for hydroxylation is 2. The number of aromatic nitrogens is 2. The number of thiophene rings is 1. The Kier molecular flexibility index (Phi) is 5.78. The summed E-state index contributed by atoms with van der Waals surface area (Å²) in [4.78, 5) is 42.6. The second kappa shape index (κ2) is 8.12. The highest BCUT2D eigenvalue weighted by molar-refractivity contribution is 7.18. The summed E-state index contributed by atoms with van der Waals surface area (Å²) < 4.78 is 1.39. The van der Waals surface area contributed by atoms with Gasteiger partial charge in [-0.2, -0.15) is 0 Å². The maximum absolute atomic E-state index is 13.0. The first-order valence-electron chi connectivity index (χ1n) is 9.29. The van der Waals surface area contributed by atoms with Crippen molar-refractivity contribution >= 4 is 38.8 Å². The number of hydrogen-bond acceptors (Lipinski definition) is 6. The van der Waals surface area contributed by atoms with Crippen molar-refractivity contribution in [2.75, 3.05) is 5.32 Å². The van der Waals surface area contributed by atoms with Gasteiger partial charge in [0.05, 0.1) is 16.0 Å². The molecule has 0 aliphatic carbocycles. The smallest absolute Gasteiger partial charge is 0.271 e. The standard InChI is InChI=1S/C20H22N4O4S/c1-5-14-9-15-19(29-14)22-18(11(2)3)23(20(15)26)10-17(25)21-16-8-13(24(27)28)7-6-12(16)4/h6-9,11H,5,10H2,1-4H3,(H,21,25). The Labute approximate surface area is 171 Å². The summed E-state index contributed by atoms with van der Waals surface area (Å²) in [6.45, 7) is 7.38. The second-order valence-corrected chi connectivity index (χ2v) is 8.22. The number of nitrogens with zero attached hydrogens (tertiary/aromatic N) is 3. The van der Waals surface area contributed by atoms with E-state index in [2.05, 4.69) is 10.3 Å². The molecule has 8 nitrogen and oxygen atoms in total. The average Bonchev–Trinajstić information content (AvgIpc) is 3.09. The normalized spacial score (nSPS) is 11.2. The maximum atomic E-state index is 13.0. The molecule has 0 radical (unpaired) electrons. The number of benzene rings is 1. The molecule has 29 heavy (non-hydrogen) atoms. The minimum atomic E-state index is -0.518. The molecule has 3 rings (SSSR count). The van der Waals surface area contributed by atoms with Crippen molar-refractivity contribution in [3.8, 4) is 0 Å². The Bertz CT molecular complexity index is 1160. The third-order valence-electron chi connectivity index (χ3n) is 4.60. The van der Waals surface area contributed by atoms with Crippen LogP contribution in [0.15, 0.2) is 29.1 Å². The quantitative estimate of drug-likeness (QED) is 0.485. The third kappa shape index (κ3) is 4.19. The van der Waals surface area contributed by atoms with E-state index in [1.807, 2.05) is 26.8 Å². The van der Waals surface area contributed by atoms with Crippen molar-refractivity contribution in [3.63, 3.8) is 0 Å². The van der Waals surface area contributed by atoms with E-state index in [9.17, 15) is 19.7 Å². The number of amides is 1. The van der Waals surface area contributed by atoms with Crippen molar-refractivity contribution in [3.05, 3.63) is 61.0 Å². The summed E-state index contributed by atoms with van der Waals surface area (Å²) in [6, 6.07) is 6.10. The molecular weight excluding hydrogens is 392 g/mol. The van der Waals surface area contributed by atoms with Gasteiger partial charge in [0, 0.05) is 22.9 Å². The van der Waals surface area contributed by atoms with Gasteiger partial charge in [-0.15, -0.1) is 11.3 Å². The maximum Gasteiger partial charge on any atom is 0.271 e. The van der Waals surface area contributed by atoms with E-state index in [-0.39, 0.29) is 23.7 Å². The van der Waals surface area contributed by atoms with Crippen molar-refractivity contribution < 1.29 is 9.72 Å². The molecule has 152 valence electrons. The van der Waals surface area contributed by atoms with Crippen LogP contribution in [0.5, 0.6) is 0 Å². The Morgan fingerprint density at radius 1 is 1.34 bits per heavy atom. The number of carbonyl (C=O) groups is 1. The lowest BCUT2D eigenvalue weighted by Crippen LogP contribution is -2.31. The van der Waals surface area contributed by atoms with Crippen LogP contribution in [-0.4, -0.2) is 20.4 Å². The second-order valence-electron chi connectivity index (χ2n) is 7.11. The summed E-state index contributed by atoms with van der Waals surface area (Å²) in [6.07, 6.45) is 0.810. The van der Waals surface area contributed by atoms with Gasteiger partial charge in [-0.05, 0) is 25.0 Å². The minimum absolute atomic E-state index is 0.0494. The van der Waals surface area contributed by atoms with Crippen molar-refractivity contribution in [2.45, 2.75) is 46.6 Å². The molecule has 0 aliphatic heterocycles. The molecule has 2 aromatic heterocycles. The zero-order chi connectivity index (χ0) is 21.3. The van der Waals surface area contributed by atoms with Gasteiger partial charge < -0.3 is 5.32 Å². The van der Waals surface area contributed by atoms with Gasteiger partial charge in [-0.1, -0.05) is 26.8 Å². The predicted molar refractivity (Wildman–Crippen MR) is 114 cm³/mol. The highest BCUT2D eigenvalue weighted by Gasteiger charge is 2.19. The molecule has 0 bridgehead atoms. The predicted octanol–water partition coefficient (Wildman–Crippen LogP) is 4.00. The zero-order valence-corrected chi connectivity index (χ0v) is 17.5. The molecule has 1 aromatic carbocycles. The van der Waals surface area contributed by atoms with Crippen LogP contribution in [0.25, 0.3) is 10.2 Å². The number of fused-ring (bicyclic) bond motifs is 1. The third-order valence-corrected chi connectivity index (χ3v) is 5.78. The van der Waals surface area contributed by atoms with Gasteiger partial charge in [0.2, 0.25) is 5.91 Å². The highest BCUT2D eigenvalue weighted by atomic mass is 32.1. The summed E-state index contributed by atoms with van der Waals surface area (Å²) in [7, 11) is 0. The molecule has 1 N–H and O–H groups in total. The summed E-state index contributed by atoms with van der Waals surface area (Å²) >= 11 is 1.49. The molecule has 0 fully saturated rings. The molecule has 9 heteroatoms. The van der Waals surface area contributed by atoms with Crippen LogP contribution in [0.2, 0.25) is 0 Å². The average molecular weight is 414 g/mol. The fourth-order valence-corrected chi connectivity index (χ4v) is 4.01. The first-order valence-corrected chi connectivity index (χ1v) is 10.1. The van der Waals surface area contributed by atoms with Crippen LogP contribution in [-0.2, 0) is 17.8 Å². The van der Waals surface area contributed by atoms with Gasteiger partial charge in [0.1, 0.15) is 17.2 Å². The first kappa shape index (κ1) is 20.7. The Hall–Kier alpha value is -3.07. The van der Waals surface area contributed by atoms with Crippen molar-refractivity contribution in [1.82, 2.24) is 9.55 Å². The van der Waals surface area contributed by atoms with Gasteiger partial charge in [-0.3, -0.25) is 24.3 Å². The molecule has 0 saturated heterocycles. The van der Waals surface area contributed by atoms with E-state index in [1.165, 1.54) is 28.0 Å². The molecule has 0 unspecified atom stereocenters. The fourth-order valence-electron chi connectivity index (χ4n) is 3.04. The van der Waals surface area contributed by atoms with Crippen LogP contribution < -0.4 is 10.9 Å². The Balaban J connectivity index is 1.97. The molecular formula is C20H22N4O4S. The van der Waals surface area contributed by atoms with E-state index in [1.54, 1.807) is 13.0 Å². The van der Waals surface area contributed by atoms with Gasteiger partial charge in [-0.25, -0.2) is 4.98 Å². The van der Waals surface area contributed by atoms with Crippen LogP contribution in [0, 0.1) is 17.0 Å². The largest absolute Gasteiger partial charge is 0.324 e. The first-order chi connectivity index (χ1) is 13.7. The van der Waals surface area contributed by atoms with Crippen molar-refractivity contribution in [2.24, 2.45) is 0 Å². The van der Waals surface area contributed by atoms with E-state index < -0.39 is 10.8 Å². The van der Waals surface area contributed by atoms with Crippen molar-refractivity contribution in [1.29, 1.82) is 0 Å².